The number of ether oxygens (including phenoxy) is 1. The van der Waals surface area contributed by atoms with Gasteiger partial charge in [-0.1, -0.05) is 0 Å². The van der Waals surface area contributed by atoms with Crippen molar-refractivity contribution in [1.29, 1.82) is 0 Å². The number of hydrogen-bond acceptors (Lipinski definition) is 4. The van der Waals surface area contributed by atoms with Crippen molar-refractivity contribution in [3.8, 4) is 0 Å². The molecule has 34 heavy (non-hydrogen) atoms. The van der Waals surface area contributed by atoms with Gasteiger partial charge in [-0.2, -0.15) is 0 Å². The van der Waals surface area contributed by atoms with Crippen molar-refractivity contribution < 1.29 is 13.9 Å². The first-order chi connectivity index (χ1) is 16.3. The fourth-order valence-corrected chi connectivity index (χ4v) is 11.0. The summed E-state index contributed by atoms with van der Waals surface area (Å²) in [4.78, 5) is 3.05. The van der Waals surface area contributed by atoms with Crippen molar-refractivity contribution >= 4 is 41.1 Å². The van der Waals surface area contributed by atoms with Crippen molar-refractivity contribution in [2.75, 3.05) is 6.61 Å². The van der Waals surface area contributed by atoms with E-state index in [0.29, 0.717) is 6.61 Å². The Morgan fingerprint density at radius 3 is 2.12 bits per heavy atom. The monoisotopic (exact) mass is 492 g/mol. The summed E-state index contributed by atoms with van der Waals surface area (Å²) in [6, 6.07) is 20.8. The van der Waals surface area contributed by atoms with E-state index in [1.807, 2.05) is 19.1 Å². The molecule has 1 saturated heterocycles. The summed E-state index contributed by atoms with van der Waals surface area (Å²) in [6.07, 6.45) is -0.420. The van der Waals surface area contributed by atoms with Gasteiger partial charge in [0.1, 0.15) is 0 Å². The molecular weight excluding hydrogens is 459 g/mol. The number of nitrogens with zero attached hydrogens (tertiary/aromatic N) is 3. The van der Waals surface area contributed by atoms with Crippen LogP contribution >= 0.6 is 8.46 Å². The standard InChI is InChI=1S/C24H33B2N3O3PSi/c1-17-21(32-18(2)22(28-29-27)23(17)33-26-25-30)16-31-34(24(3,4)5,19-12-8-6-9-13-19)20-14-10-7-11-15-20/h6-15,17-18,21-23,33H,16H2,1-5H3/t17-,18?,21?,22?,23+/m1/s1. The van der Waals surface area contributed by atoms with Crippen LogP contribution < -0.4 is 10.4 Å². The van der Waals surface area contributed by atoms with Crippen LogP contribution in [0.25, 0.3) is 10.4 Å². The third-order valence-electron chi connectivity index (χ3n) is 6.81. The topological polar surface area (TPSA) is 84.3 Å². The Bertz CT molecular complexity index is 950. The van der Waals surface area contributed by atoms with Gasteiger partial charge < -0.3 is 0 Å². The van der Waals surface area contributed by atoms with Gasteiger partial charge in [-0.25, -0.2) is 0 Å². The van der Waals surface area contributed by atoms with Crippen LogP contribution in [0.5, 0.6) is 0 Å². The fraction of sp³-hybridized carbons (Fsp3) is 0.500. The molecule has 1 aliphatic rings. The minimum atomic E-state index is -2.69. The molecule has 0 aromatic heterocycles. The van der Waals surface area contributed by atoms with E-state index in [-0.39, 0.29) is 43.3 Å². The predicted octanol–water partition coefficient (Wildman–Crippen LogP) is 4.30. The second-order valence-electron chi connectivity index (χ2n) is 9.90. The van der Waals surface area contributed by atoms with Crippen molar-refractivity contribution in [1.82, 2.24) is 0 Å². The maximum absolute atomic E-state index is 11.1. The van der Waals surface area contributed by atoms with Crippen LogP contribution in [0.3, 0.4) is 0 Å². The third kappa shape index (κ3) is 5.55. The molecule has 3 rings (SSSR count). The van der Waals surface area contributed by atoms with Crippen LogP contribution in [0.2, 0.25) is 5.04 Å². The molecule has 6 nitrogen and oxygen atoms in total. The van der Waals surface area contributed by atoms with Gasteiger partial charge in [-0.15, -0.1) is 0 Å². The van der Waals surface area contributed by atoms with Gasteiger partial charge in [0.15, 0.2) is 0 Å². The summed E-state index contributed by atoms with van der Waals surface area (Å²) in [6.45, 7) is 12.9. The van der Waals surface area contributed by atoms with E-state index in [1.165, 1.54) is 10.4 Å². The third-order valence-corrected chi connectivity index (χ3v) is 13.4. The first-order valence-corrected chi connectivity index (χ1v) is 14.8. The van der Waals surface area contributed by atoms with Gasteiger partial charge in [0.25, 0.3) is 0 Å². The molecule has 1 heterocycles. The SMILES string of the molecule is CC1OC(CO[Si](c2ccccc2)(c2ccccc2)C(C)(C)C)[C@@H](C)[C@H](P[B]B=O)C1N=[N+]=[N-]. The summed E-state index contributed by atoms with van der Waals surface area (Å²) in [5.74, 6) is 0.0689. The first kappa shape index (κ1) is 26.8. The van der Waals surface area contributed by atoms with Gasteiger partial charge in [-0.05, 0) is 0 Å². The fourth-order valence-electron chi connectivity index (χ4n) is 5.10. The second kappa shape index (κ2) is 11.8. The molecular formula is C24H33B2N3O3PSi. The molecule has 177 valence electrons. The van der Waals surface area contributed by atoms with Crippen molar-refractivity contribution in [2.24, 2.45) is 11.0 Å². The van der Waals surface area contributed by atoms with E-state index in [9.17, 15) is 4.70 Å². The summed E-state index contributed by atoms with van der Waals surface area (Å²) in [5.41, 5.74) is 9.13. The zero-order valence-electron chi connectivity index (χ0n) is 20.6. The Balaban J connectivity index is 1.98. The molecule has 0 saturated carbocycles. The molecule has 2 aromatic carbocycles. The van der Waals surface area contributed by atoms with Crippen molar-refractivity contribution in [3.05, 3.63) is 71.1 Å². The van der Waals surface area contributed by atoms with Crippen LogP contribution in [0.1, 0.15) is 34.6 Å². The number of hydrogen-bond donors (Lipinski definition) is 0. The summed E-state index contributed by atoms with van der Waals surface area (Å²) in [5, 5.41) is 6.35. The van der Waals surface area contributed by atoms with E-state index >= 15 is 0 Å². The number of benzene rings is 2. The average molecular weight is 492 g/mol. The number of azide groups is 1. The molecule has 1 radical (unpaired) electrons. The Morgan fingerprint density at radius 2 is 1.65 bits per heavy atom. The first-order valence-electron chi connectivity index (χ1n) is 11.7. The molecule has 0 spiro atoms. The number of rotatable bonds is 9. The molecule has 0 bridgehead atoms. The molecule has 1 fully saturated rings. The van der Waals surface area contributed by atoms with Gasteiger partial charge in [0, 0.05) is 0 Å². The molecule has 6 atom stereocenters. The summed E-state index contributed by atoms with van der Waals surface area (Å²) >= 11 is 0. The van der Waals surface area contributed by atoms with Crippen LogP contribution in [-0.4, -0.2) is 52.8 Å². The van der Waals surface area contributed by atoms with E-state index in [4.69, 9.17) is 14.7 Å². The zero-order valence-corrected chi connectivity index (χ0v) is 22.6. The molecule has 10 heteroatoms. The van der Waals surface area contributed by atoms with Crippen LogP contribution in [0, 0.1) is 5.92 Å². The van der Waals surface area contributed by atoms with E-state index in [0.717, 1.165) is 7.04 Å². The maximum atomic E-state index is 11.1. The Labute approximate surface area is 207 Å². The molecule has 0 amide bonds. The second-order valence-corrected chi connectivity index (χ2v) is 15.5. The predicted molar refractivity (Wildman–Crippen MR) is 144 cm³/mol. The average Bonchev–Trinajstić information content (AvgIpc) is 2.82. The molecule has 4 unspecified atom stereocenters. The Kier molecular flexibility index (Phi) is 9.31. The Morgan fingerprint density at radius 1 is 1.09 bits per heavy atom. The van der Waals surface area contributed by atoms with E-state index < -0.39 is 8.32 Å². The Hall–Kier alpha value is -1.75. The van der Waals surface area contributed by atoms with Crippen LogP contribution in [0.15, 0.2) is 65.8 Å². The van der Waals surface area contributed by atoms with Crippen molar-refractivity contribution in [2.45, 2.75) is 63.6 Å². The molecule has 0 N–H and O–H groups in total. The molecule has 2 aromatic rings. The molecule has 1 aliphatic heterocycles. The quantitative estimate of drug-likeness (QED) is 0.172. The van der Waals surface area contributed by atoms with Crippen LogP contribution in [0.4, 0.5) is 0 Å². The zero-order chi connectivity index (χ0) is 24.8. The van der Waals surface area contributed by atoms with Crippen LogP contribution in [-0.2, 0) is 13.9 Å². The van der Waals surface area contributed by atoms with E-state index in [2.05, 4.69) is 86.3 Å². The van der Waals surface area contributed by atoms with Gasteiger partial charge in [0.05, 0.1) is 0 Å². The van der Waals surface area contributed by atoms with Gasteiger partial charge in [-0.3, -0.25) is 0 Å². The summed E-state index contributed by atoms with van der Waals surface area (Å²) in [7, 11) is -1.59. The molecule has 0 aliphatic carbocycles. The van der Waals surface area contributed by atoms with Gasteiger partial charge in [0.2, 0.25) is 0 Å². The van der Waals surface area contributed by atoms with Crippen molar-refractivity contribution in [3.63, 3.8) is 0 Å². The minimum absolute atomic E-state index is 0.0394. The van der Waals surface area contributed by atoms with E-state index in [1.54, 1.807) is 6.89 Å². The van der Waals surface area contributed by atoms with Gasteiger partial charge >= 0.3 is 207 Å². The summed E-state index contributed by atoms with van der Waals surface area (Å²) < 4.78 is 24.6. The normalized spacial score (nSPS) is 25.5.